The summed E-state index contributed by atoms with van der Waals surface area (Å²) in [6.07, 6.45) is -6.35. The Kier molecular flexibility index (Phi) is 5.11. The van der Waals surface area contributed by atoms with E-state index < -0.39 is 23.7 Å². The minimum Gasteiger partial charge on any atom is -0.420 e. The van der Waals surface area contributed by atoms with Crippen LogP contribution in [0.1, 0.15) is 11.4 Å². The highest BCUT2D eigenvalue weighted by atomic mass is 35.5. The molecule has 0 radical (unpaired) electrons. The molecule has 0 amide bonds. The van der Waals surface area contributed by atoms with Gasteiger partial charge >= 0.3 is 18.4 Å². The van der Waals surface area contributed by atoms with E-state index >= 15 is 0 Å². The minimum atomic E-state index is -4.87. The van der Waals surface area contributed by atoms with Gasteiger partial charge in [-0.3, -0.25) is 0 Å². The van der Waals surface area contributed by atoms with Crippen molar-refractivity contribution in [3.63, 3.8) is 0 Å². The van der Waals surface area contributed by atoms with Crippen LogP contribution >= 0.6 is 11.6 Å². The molecule has 146 valence electrons. The van der Waals surface area contributed by atoms with Crippen molar-refractivity contribution >= 4 is 11.6 Å². The summed E-state index contributed by atoms with van der Waals surface area (Å²) in [7, 11) is 0. The van der Waals surface area contributed by atoms with Crippen molar-refractivity contribution in [2.45, 2.75) is 12.4 Å². The number of hydrogen-bond acceptors (Lipinski definition) is 5. The molecule has 3 aromatic rings. The lowest BCUT2D eigenvalue weighted by Gasteiger charge is -2.13. The van der Waals surface area contributed by atoms with E-state index in [1.807, 2.05) is 0 Å². The van der Waals surface area contributed by atoms with Gasteiger partial charge in [-0.1, -0.05) is 23.7 Å². The third-order valence-corrected chi connectivity index (χ3v) is 3.49. The lowest BCUT2D eigenvalue weighted by molar-refractivity contribution is -0.145. The zero-order valence-electron chi connectivity index (χ0n) is 13.4. The van der Waals surface area contributed by atoms with Gasteiger partial charge in [-0.15, -0.1) is 0 Å². The number of rotatable bonds is 3. The van der Waals surface area contributed by atoms with E-state index in [4.69, 9.17) is 16.3 Å². The molecule has 0 aliphatic carbocycles. The molecule has 12 heteroatoms. The quantitative estimate of drug-likeness (QED) is 0.530. The van der Waals surface area contributed by atoms with Crippen LogP contribution in [0.25, 0.3) is 11.3 Å². The fraction of sp³-hybridized carbons (Fsp3) is 0.125. The molecule has 0 aliphatic heterocycles. The van der Waals surface area contributed by atoms with Gasteiger partial charge in [-0.25, -0.2) is 19.9 Å². The summed E-state index contributed by atoms with van der Waals surface area (Å²) in [5.74, 6) is -1.76. The maximum atomic E-state index is 13.0. The van der Waals surface area contributed by atoms with Crippen LogP contribution in [-0.2, 0) is 12.4 Å². The molecule has 0 N–H and O–H groups in total. The molecule has 0 unspecified atom stereocenters. The fourth-order valence-electron chi connectivity index (χ4n) is 2.06. The van der Waals surface area contributed by atoms with Gasteiger partial charge in [-0.2, -0.15) is 26.3 Å². The average molecular weight is 421 g/mol. The van der Waals surface area contributed by atoms with E-state index in [1.165, 1.54) is 12.4 Å². The molecule has 0 saturated heterocycles. The van der Waals surface area contributed by atoms with E-state index in [0.717, 1.165) is 18.3 Å². The van der Waals surface area contributed by atoms with Crippen LogP contribution in [0.2, 0.25) is 5.02 Å². The summed E-state index contributed by atoms with van der Waals surface area (Å²) in [4.78, 5) is 14.0. The van der Waals surface area contributed by atoms with Gasteiger partial charge < -0.3 is 4.74 Å². The Balaban J connectivity index is 2.06. The predicted molar refractivity (Wildman–Crippen MR) is 84.6 cm³/mol. The zero-order valence-corrected chi connectivity index (χ0v) is 14.1. The minimum absolute atomic E-state index is 0.0511. The molecule has 0 atom stereocenters. The molecule has 0 saturated carbocycles. The molecular formula is C16H7ClF6N4O. The first-order chi connectivity index (χ1) is 13.0. The second kappa shape index (κ2) is 7.23. The summed E-state index contributed by atoms with van der Waals surface area (Å²) in [5, 5.41) is 0.194. The van der Waals surface area contributed by atoms with E-state index in [9.17, 15) is 26.3 Å². The summed E-state index contributed by atoms with van der Waals surface area (Å²) in [6, 6.07) is 3.11. The van der Waals surface area contributed by atoms with Crippen molar-refractivity contribution in [1.29, 1.82) is 0 Å². The van der Waals surface area contributed by atoms with Gasteiger partial charge in [-0.05, 0) is 12.1 Å². The van der Waals surface area contributed by atoms with E-state index in [1.54, 1.807) is 0 Å². The number of halogens is 7. The molecule has 1 aromatic carbocycles. The van der Waals surface area contributed by atoms with Crippen LogP contribution in [0.5, 0.6) is 11.8 Å². The van der Waals surface area contributed by atoms with Crippen molar-refractivity contribution in [3.05, 3.63) is 59.3 Å². The third kappa shape index (κ3) is 4.47. The first kappa shape index (κ1) is 19.8. The fourth-order valence-corrected chi connectivity index (χ4v) is 2.16. The van der Waals surface area contributed by atoms with Crippen LogP contribution in [-0.4, -0.2) is 19.9 Å². The van der Waals surface area contributed by atoms with Crippen LogP contribution in [0.3, 0.4) is 0 Å². The lowest BCUT2D eigenvalue weighted by atomic mass is 10.1. The van der Waals surface area contributed by atoms with E-state index in [0.29, 0.717) is 12.1 Å². The van der Waals surface area contributed by atoms with Crippen LogP contribution in [0.4, 0.5) is 26.3 Å². The molecule has 5 nitrogen and oxygen atoms in total. The topological polar surface area (TPSA) is 60.8 Å². The van der Waals surface area contributed by atoms with E-state index in [2.05, 4.69) is 19.9 Å². The van der Waals surface area contributed by atoms with Crippen LogP contribution in [0, 0.1) is 0 Å². The smallest absolute Gasteiger partial charge is 0.420 e. The largest absolute Gasteiger partial charge is 0.451 e. The van der Waals surface area contributed by atoms with Gasteiger partial charge in [0.05, 0.1) is 29.2 Å². The SMILES string of the molecule is FC(F)(F)c1ccc(-c2nc(C(F)(F)F)ncc2Oc2ncc(Cl)cn2)cc1. The van der Waals surface area contributed by atoms with Crippen LogP contribution < -0.4 is 4.74 Å². The van der Waals surface area contributed by atoms with E-state index in [-0.39, 0.29) is 28.0 Å². The zero-order chi connectivity index (χ0) is 20.5. The number of benzene rings is 1. The number of alkyl halides is 6. The normalized spacial score (nSPS) is 12.1. The first-order valence-corrected chi connectivity index (χ1v) is 7.69. The Hall–Kier alpha value is -2.95. The molecule has 0 aliphatic rings. The molecule has 0 bridgehead atoms. The highest BCUT2D eigenvalue weighted by molar-refractivity contribution is 6.30. The van der Waals surface area contributed by atoms with Gasteiger partial charge in [0.1, 0.15) is 5.69 Å². The van der Waals surface area contributed by atoms with Crippen molar-refractivity contribution in [1.82, 2.24) is 19.9 Å². The lowest BCUT2D eigenvalue weighted by Crippen LogP contribution is -2.12. The number of ether oxygens (including phenoxy) is 1. The number of nitrogens with zero attached hydrogens (tertiary/aromatic N) is 4. The molecule has 3 rings (SSSR count). The monoisotopic (exact) mass is 420 g/mol. The summed E-state index contributed by atoms with van der Waals surface area (Å²) < 4.78 is 82.3. The highest BCUT2D eigenvalue weighted by Gasteiger charge is 2.36. The van der Waals surface area contributed by atoms with Crippen LogP contribution in [0.15, 0.2) is 42.9 Å². The Labute approximate surface area is 158 Å². The maximum absolute atomic E-state index is 13.0. The number of aromatic nitrogens is 4. The number of hydrogen-bond donors (Lipinski definition) is 0. The molecule has 0 fully saturated rings. The Morgan fingerprint density at radius 1 is 0.786 bits per heavy atom. The van der Waals surface area contributed by atoms with Gasteiger partial charge in [0.25, 0.3) is 0 Å². The first-order valence-electron chi connectivity index (χ1n) is 7.31. The van der Waals surface area contributed by atoms with Crippen molar-refractivity contribution in [2.24, 2.45) is 0 Å². The van der Waals surface area contributed by atoms with Gasteiger partial charge in [0, 0.05) is 5.56 Å². The maximum Gasteiger partial charge on any atom is 0.451 e. The Morgan fingerprint density at radius 2 is 1.39 bits per heavy atom. The Morgan fingerprint density at radius 3 is 1.93 bits per heavy atom. The van der Waals surface area contributed by atoms with Gasteiger partial charge in [0.15, 0.2) is 5.75 Å². The summed E-state index contributed by atoms with van der Waals surface area (Å²) in [5.41, 5.74) is -1.40. The molecule has 2 heterocycles. The molecule has 28 heavy (non-hydrogen) atoms. The second-order valence-corrected chi connectivity index (χ2v) is 5.70. The standard InChI is InChI=1S/C16H7ClF6N4O/c17-10-5-25-14(26-6-10)28-11-7-24-13(16(21,22)23)27-12(11)8-1-3-9(4-2-8)15(18,19)20/h1-7H. The molecule has 0 spiro atoms. The van der Waals surface area contributed by atoms with Gasteiger partial charge in [0.2, 0.25) is 5.82 Å². The van der Waals surface area contributed by atoms with Crippen molar-refractivity contribution in [2.75, 3.05) is 0 Å². The Bertz CT molecular complexity index is 974. The predicted octanol–water partition coefficient (Wildman–Crippen LogP) is 5.42. The third-order valence-electron chi connectivity index (χ3n) is 3.29. The molecular weight excluding hydrogens is 414 g/mol. The average Bonchev–Trinajstić information content (AvgIpc) is 2.62. The second-order valence-electron chi connectivity index (χ2n) is 5.27. The van der Waals surface area contributed by atoms with Crippen molar-refractivity contribution < 1.29 is 31.1 Å². The summed E-state index contributed by atoms with van der Waals surface area (Å²) >= 11 is 5.64. The summed E-state index contributed by atoms with van der Waals surface area (Å²) in [6.45, 7) is 0. The van der Waals surface area contributed by atoms with Crippen molar-refractivity contribution in [3.8, 4) is 23.0 Å². The molecule has 2 aromatic heterocycles. The highest BCUT2D eigenvalue weighted by Crippen LogP contribution is 2.36.